The Morgan fingerprint density at radius 1 is 1.18 bits per heavy atom. The first-order chi connectivity index (χ1) is 18.3. The van der Waals surface area contributed by atoms with Gasteiger partial charge >= 0.3 is 6.18 Å². The Kier molecular flexibility index (Phi) is 8.48. The maximum absolute atomic E-state index is 13.1. The molecule has 1 aliphatic heterocycles. The third-order valence-corrected chi connectivity index (χ3v) is 6.00. The van der Waals surface area contributed by atoms with Gasteiger partial charge in [-0.25, -0.2) is 4.98 Å². The molecule has 1 aromatic carbocycles. The molecule has 1 N–H and O–H groups in total. The number of unbranched alkanes of at least 4 members (excludes halogenated alkanes) is 1. The predicted molar refractivity (Wildman–Crippen MR) is 138 cm³/mol. The summed E-state index contributed by atoms with van der Waals surface area (Å²) in [5.41, 5.74) is 2.32. The third kappa shape index (κ3) is 6.61. The van der Waals surface area contributed by atoms with Crippen molar-refractivity contribution >= 4 is 17.3 Å². The third-order valence-electron chi connectivity index (χ3n) is 6.00. The van der Waals surface area contributed by atoms with Gasteiger partial charge in [-0.3, -0.25) is 9.78 Å². The second kappa shape index (κ2) is 12.0. The molecule has 0 aliphatic carbocycles. The summed E-state index contributed by atoms with van der Waals surface area (Å²) in [5, 5.41) is 2.65. The van der Waals surface area contributed by atoms with E-state index in [9.17, 15) is 18.0 Å². The highest BCUT2D eigenvalue weighted by Crippen LogP contribution is 2.34. The lowest BCUT2D eigenvalue weighted by molar-refractivity contribution is -0.137. The predicted octanol–water partition coefficient (Wildman–Crippen LogP) is 5.35. The van der Waals surface area contributed by atoms with Crippen LogP contribution in [0.25, 0.3) is 11.1 Å². The number of hydrogen-bond donors (Lipinski definition) is 1. The number of hydrogen-bond acceptors (Lipinski definition) is 6. The van der Waals surface area contributed by atoms with Crippen molar-refractivity contribution in [2.24, 2.45) is 0 Å². The Morgan fingerprint density at radius 2 is 1.97 bits per heavy atom. The Morgan fingerprint density at radius 3 is 2.71 bits per heavy atom. The largest absolute Gasteiger partial charge is 0.476 e. The number of nitrogens with one attached hydrogen (secondary N) is 1. The van der Waals surface area contributed by atoms with E-state index in [1.807, 2.05) is 13.0 Å². The minimum absolute atomic E-state index is 0.107. The minimum Gasteiger partial charge on any atom is -0.476 e. The zero-order chi connectivity index (χ0) is 27.1. The molecule has 1 amide bonds. The van der Waals surface area contributed by atoms with Crippen LogP contribution in [0.1, 0.15) is 34.5 Å². The van der Waals surface area contributed by atoms with Gasteiger partial charge < -0.3 is 19.7 Å². The summed E-state index contributed by atoms with van der Waals surface area (Å²) < 4.78 is 50.6. The van der Waals surface area contributed by atoms with Gasteiger partial charge in [0.2, 0.25) is 5.88 Å². The van der Waals surface area contributed by atoms with Crippen LogP contribution >= 0.6 is 0 Å². The number of benzene rings is 1. The molecule has 1 aliphatic rings. The van der Waals surface area contributed by atoms with Crippen molar-refractivity contribution in [1.29, 1.82) is 0 Å². The summed E-state index contributed by atoms with van der Waals surface area (Å²) in [6, 6.07) is 7.95. The molecule has 0 spiro atoms. The number of carbonyl (C=O) groups is 1. The normalized spacial score (nSPS) is 13.6. The maximum Gasteiger partial charge on any atom is 0.416 e. The van der Waals surface area contributed by atoms with E-state index in [0.29, 0.717) is 68.6 Å². The van der Waals surface area contributed by atoms with Crippen molar-refractivity contribution in [3.63, 3.8) is 0 Å². The van der Waals surface area contributed by atoms with Gasteiger partial charge in [-0.15, -0.1) is 12.3 Å². The number of rotatable bonds is 8. The number of ether oxygens (including phenoxy) is 2. The number of nitrogens with zero attached hydrogens (tertiary/aromatic N) is 3. The molecule has 2 aromatic heterocycles. The second-order valence-corrected chi connectivity index (χ2v) is 8.69. The van der Waals surface area contributed by atoms with Crippen LogP contribution in [0.2, 0.25) is 0 Å². The molecule has 3 aromatic rings. The Hall–Kier alpha value is -4.10. The van der Waals surface area contributed by atoms with Crippen LogP contribution in [0.3, 0.4) is 0 Å². The number of morpholine rings is 1. The zero-order valence-electron chi connectivity index (χ0n) is 20.8. The smallest absolute Gasteiger partial charge is 0.416 e. The van der Waals surface area contributed by atoms with Crippen LogP contribution in [-0.4, -0.2) is 48.8 Å². The molecule has 0 unspecified atom stereocenters. The molecule has 7 nitrogen and oxygen atoms in total. The summed E-state index contributed by atoms with van der Waals surface area (Å²) in [6.07, 6.45) is 5.23. The number of alkyl halides is 3. The summed E-state index contributed by atoms with van der Waals surface area (Å²) in [7, 11) is 0. The van der Waals surface area contributed by atoms with E-state index >= 15 is 0 Å². The highest BCUT2D eigenvalue weighted by atomic mass is 19.4. The van der Waals surface area contributed by atoms with Gasteiger partial charge in [0.25, 0.3) is 5.91 Å². The van der Waals surface area contributed by atoms with Crippen molar-refractivity contribution < 1.29 is 27.4 Å². The van der Waals surface area contributed by atoms with Gasteiger partial charge in [-0.2, -0.15) is 13.2 Å². The summed E-state index contributed by atoms with van der Waals surface area (Å²) in [4.78, 5) is 23.8. The molecule has 1 saturated heterocycles. The second-order valence-electron chi connectivity index (χ2n) is 8.69. The number of anilines is 2. The minimum atomic E-state index is -4.54. The van der Waals surface area contributed by atoms with E-state index in [0.717, 1.165) is 23.4 Å². The maximum atomic E-state index is 13.1. The molecule has 198 valence electrons. The number of terminal acetylenes is 1. The SMILES string of the molecule is C#CCCCOc1ncc(-c2cc(NC(=O)c3cccc(C(F)(F)F)c3)cnc2C)cc1N1CCOCC1. The lowest BCUT2D eigenvalue weighted by Gasteiger charge is -2.30. The highest BCUT2D eigenvalue weighted by Gasteiger charge is 2.31. The van der Waals surface area contributed by atoms with Gasteiger partial charge in [0.1, 0.15) is 5.69 Å². The first-order valence-electron chi connectivity index (χ1n) is 12.1. The van der Waals surface area contributed by atoms with Gasteiger partial charge in [0.05, 0.1) is 37.3 Å². The summed E-state index contributed by atoms with van der Waals surface area (Å²) in [5.74, 6) is 2.42. The zero-order valence-corrected chi connectivity index (χ0v) is 20.8. The topological polar surface area (TPSA) is 76.6 Å². The van der Waals surface area contributed by atoms with Gasteiger partial charge in [-0.05, 0) is 43.7 Å². The quantitative estimate of drug-likeness (QED) is 0.316. The molecule has 0 atom stereocenters. The van der Waals surface area contributed by atoms with Crippen LogP contribution in [0.5, 0.6) is 5.88 Å². The van der Waals surface area contributed by atoms with Gasteiger partial charge in [-0.1, -0.05) is 6.07 Å². The lowest BCUT2D eigenvalue weighted by atomic mass is 10.0. The van der Waals surface area contributed by atoms with E-state index < -0.39 is 17.6 Å². The van der Waals surface area contributed by atoms with E-state index in [2.05, 4.69) is 26.1 Å². The van der Waals surface area contributed by atoms with Crippen LogP contribution in [0, 0.1) is 19.3 Å². The van der Waals surface area contributed by atoms with E-state index in [-0.39, 0.29) is 5.56 Å². The molecule has 4 rings (SSSR count). The van der Waals surface area contributed by atoms with Crippen molar-refractivity contribution in [1.82, 2.24) is 9.97 Å². The van der Waals surface area contributed by atoms with Crippen LogP contribution in [0.4, 0.5) is 24.5 Å². The summed E-state index contributed by atoms with van der Waals surface area (Å²) >= 11 is 0. The first kappa shape index (κ1) is 26.9. The summed E-state index contributed by atoms with van der Waals surface area (Å²) in [6.45, 7) is 4.78. The van der Waals surface area contributed by atoms with Crippen LogP contribution in [0.15, 0.2) is 48.8 Å². The number of aryl methyl sites for hydroxylation is 1. The fourth-order valence-electron chi connectivity index (χ4n) is 4.01. The number of carbonyl (C=O) groups excluding carboxylic acids is 1. The molecule has 0 bridgehead atoms. The Bertz CT molecular complexity index is 1330. The monoisotopic (exact) mass is 524 g/mol. The Labute approximate surface area is 219 Å². The molecule has 1 fully saturated rings. The highest BCUT2D eigenvalue weighted by molar-refractivity contribution is 6.04. The van der Waals surface area contributed by atoms with Crippen molar-refractivity contribution in [3.05, 3.63) is 65.6 Å². The number of pyridine rings is 2. The molecular formula is C28H27F3N4O3. The average Bonchev–Trinajstić information content (AvgIpc) is 2.92. The number of aromatic nitrogens is 2. The molecule has 38 heavy (non-hydrogen) atoms. The average molecular weight is 525 g/mol. The van der Waals surface area contributed by atoms with E-state index in [1.54, 1.807) is 12.3 Å². The van der Waals surface area contributed by atoms with Crippen LogP contribution < -0.4 is 15.0 Å². The fraction of sp³-hybridized carbons (Fsp3) is 0.321. The molecule has 0 radical (unpaired) electrons. The number of amides is 1. The van der Waals surface area contributed by atoms with E-state index in [4.69, 9.17) is 15.9 Å². The molecule has 3 heterocycles. The van der Waals surface area contributed by atoms with Gasteiger partial charge in [0.15, 0.2) is 0 Å². The van der Waals surface area contributed by atoms with Crippen molar-refractivity contribution in [2.45, 2.75) is 25.9 Å². The standard InChI is InChI=1S/C28H27F3N4O3/c1-3-4-5-11-38-27-25(35-9-12-37-13-10-35)15-21(17-33-27)24-16-23(18-32-19(24)2)34-26(36)20-7-6-8-22(14-20)28(29,30)31/h1,6-8,14-18H,4-5,9-13H2,2H3,(H,34,36). The van der Waals surface area contributed by atoms with E-state index in [1.165, 1.54) is 18.3 Å². The first-order valence-corrected chi connectivity index (χ1v) is 12.1. The number of halogens is 3. The lowest BCUT2D eigenvalue weighted by Crippen LogP contribution is -2.36. The van der Waals surface area contributed by atoms with Crippen molar-refractivity contribution in [2.75, 3.05) is 43.1 Å². The fourth-order valence-corrected chi connectivity index (χ4v) is 4.01. The molecule has 0 saturated carbocycles. The van der Waals surface area contributed by atoms with Crippen LogP contribution in [-0.2, 0) is 10.9 Å². The van der Waals surface area contributed by atoms with Gasteiger partial charge in [0, 0.05) is 48.1 Å². The molecule has 10 heteroatoms. The van der Waals surface area contributed by atoms with Crippen molar-refractivity contribution in [3.8, 4) is 29.4 Å². The Balaban J connectivity index is 1.60. The molecular weight excluding hydrogens is 497 g/mol.